The molecular weight excluding hydrogens is 218 g/mol. The highest BCUT2D eigenvalue weighted by Crippen LogP contribution is 2.16. The quantitative estimate of drug-likeness (QED) is 0.873. The maximum atomic E-state index is 11.5. The molecule has 0 fully saturated rings. The number of carbonyl (C=O) groups excluding carboxylic acids is 1. The van der Waals surface area contributed by atoms with Gasteiger partial charge in [-0.15, -0.1) is 0 Å². The second-order valence-electron chi connectivity index (χ2n) is 2.92. The minimum absolute atomic E-state index is 0.0969. The van der Waals surface area contributed by atoms with Crippen molar-refractivity contribution >= 4 is 17.5 Å². The van der Waals surface area contributed by atoms with Gasteiger partial charge in [-0.2, -0.15) is 0 Å². The van der Waals surface area contributed by atoms with Crippen LogP contribution in [0.3, 0.4) is 0 Å². The van der Waals surface area contributed by atoms with Crippen LogP contribution in [0.4, 0.5) is 0 Å². The lowest BCUT2D eigenvalue weighted by Crippen LogP contribution is -2.22. The molecule has 4 nitrogen and oxygen atoms in total. The maximum absolute atomic E-state index is 11.5. The Balaban J connectivity index is 1.96. The number of amides is 1. The Kier molecular flexibility index (Phi) is 2.78. The van der Waals surface area contributed by atoms with Gasteiger partial charge in [0.2, 0.25) is 5.22 Å². The van der Waals surface area contributed by atoms with E-state index in [2.05, 4.69) is 5.32 Å². The third-order valence-electron chi connectivity index (χ3n) is 1.90. The van der Waals surface area contributed by atoms with E-state index < -0.39 is 0 Å². The van der Waals surface area contributed by atoms with Crippen molar-refractivity contribution in [1.82, 2.24) is 5.32 Å². The minimum Gasteiger partial charge on any atom is -0.472 e. The Morgan fingerprint density at radius 2 is 2.27 bits per heavy atom. The molecule has 0 spiro atoms. The molecule has 0 radical (unpaired) electrons. The van der Waals surface area contributed by atoms with Gasteiger partial charge in [0.1, 0.15) is 0 Å². The van der Waals surface area contributed by atoms with Crippen LogP contribution in [-0.2, 0) is 6.54 Å². The van der Waals surface area contributed by atoms with Gasteiger partial charge < -0.3 is 14.2 Å². The molecule has 0 aliphatic carbocycles. The predicted molar refractivity (Wildman–Crippen MR) is 53.6 cm³/mol. The third-order valence-corrected chi connectivity index (χ3v) is 2.19. The number of carbonyl (C=O) groups is 1. The molecule has 5 heteroatoms. The van der Waals surface area contributed by atoms with Crippen LogP contribution in [0.15, 0.2) is 39.8 Å². The Morgan fingerprint density at radius 1 is 1.40 bits per heavy atom. The smallest absolute Gasteiger partial charge is 0.256 e. The first-order chi connectivity index (χ1) is 7.27. The lowest BCUT2D eigenvalue weighted by atomic mass is 10.3. The van der Waals surface area contributed by atoms with Crippen molar-refractivity contribution in [2.45, 2.75) is 6.54 Å². The van der Waals surface area contributed by atoms with Gasteiger partial charge in [0.15, 0.2) is 0 Å². The van der Waals surface area contributed by atoms with E-state index in [0.29, 0.717) is 12.1 Å². The van der Waals surface area contributed by atoms with Crippen molar-refractivity contribution in [1.29, 1.82) is 0 Å². The fourth-order valence-corrected chi connectivity index (χ4v) is 1.33. The largest absolute Gasteiger partial charge is 0.472 e. The molecule has 0 saturated heterocycles. The van der Waals surface area contributed by atoms with E-state index in [9.17, 15) is 4.79 Å². The van der Waals surface area contributed by atoms with E-state index in [1.54, 1.807) is 18.6 Å². The number of halogens is 1. The lowest BCUT2D eigenvalue weighted by molar-refractivity contribution is 0.0950. The van der Waals surface area contributed by atoms with Gasteiger partial charge in [0, 0.05) is 12.1 Å². The summed E-state index contributed by atoms with van der Waals surface area (Å²) in [5, 5.41) is 2.78. The van der Waals surface area contributed by atoms with Crippen molar-refractivity contribution in [3.63, 3.8) is 0 Å². The third kappa shape index (κ3) is 2.22. The molecule has 1 N–H and O–H groups in total. The first kappa shape index (κ1) is 9.86. The Bertz CT molecular complexity index is 447. The predicted octanol–water partition coefficient (Wildman–Crippen LogP) is 2.46. The summed E-state index contributed by atoms with van der Waals surface area (Å²) >= 11 is 5.65. The molecule has 0 aromatic carbocycles. The van der Waals surface area contributed by atoms with Gasteiger partial charge in [-0.25, -0.2) is 0 Å². The van der Waals surface area contributed by atoms with Gasteiger partial charge in [0.25, 0.3) is 5.91 Å². The van der Waals surface area contributed by atoms with Crippen molar-refractivity contribution in [3.05, 3.63) is 47.3 Å². The molecule has 1 amide bonds. The molecule has 0 unspecified atom stereocenters. The van der Waals surface area contributed by atoms with Crippen molar-refractivity contribution in [3.8, 4) is 0 Å². The molecule has 2 aromatic rings. The molecule has 0 bridgehead atoms. The SMILES string of the molecule is O=C(NCc1ccoc1)c1ccoc1Cl. The standard InChI is InChI=1S/C10H8ClNO3/c11-9-8(2-4-15-9)10(13)12-5-7-1-3-14-6-7/h1-4,6H,5H2,(H,12,13). The van der Waals surface area contributed by atoms with Crippen LogP contribution < -0.4 is 5.32 Å². The normalized spacial score (nSPS) is 10.2. The topological polar surface area (TPSA) is 55.4 Å². The summed E-state index contributed by atoms with van der Waals surface area (Å²) in [4.78, 5) is 11.5. The summed E-state index contributed by atoms with van der Waals surface area (Å²) in [6.45, 7) is 0.400. The monoisotopic (exact) mass is 225 g/mol. The van der Waals surface area contributed by atoms with Crippen LogP contribution in [0.1, 0.15) is 15.9 Å². The molecule has 0 saturated carbocycles. The number of hydrogen-bond donors (Lipinski definition) is 1. The average molecular weight is 226 g/mol. The van der Waals surface area contributed by atoms with Crippen LogP contribution in [0.2, 0.25) is 5.22 Å². The first-order valence-electron chi connectivity index (χ1n) is 4.29. The van der Waals surface area contributed by atoms with Gasteiger partial charge in [0.05, 0.1) is 24.4 Å². The fourth-order valence-electron chi connectivity index (χ4n) is 1.13. The number of furan rings is 2. The summed E-state index contributed by atoms with van der Waals surface area (Å²) < 4.78 is 9.67. The zero-order valence-corrected chi connectivity index (χ0v) is 8.45. The van der Waals surface area contributed by atoms with Crippen LogP contribution in [-0.4, -0.2) is 5.91 Å². The summed E-state index contributed by atoms with van der Waals surface area (Å²) in [7, 11) is 0. The maximum Gasteiger partial charge on any atom is 0.256 e. The molecule has 2 aromatic heterocycles. The number of rotatable bonds is 3. The average Bonchev–Trinajstić information content (AvgIpc) is 2.84. The van der Waals surface area contributed by atoms with E-state index in [0.717, 1.165) is 5.56 Å². The highest BCUT2D eigenvalue weighted by molar-refractivity contribution is 6.32. The highest BCUT2D eigenvalue weighted by atomic mass is 35.5. The van der Waals surface area contributed by atoms with Gasteiger partial charge in [-0.05, 0) is 23.7 Å². The Hall–Kier alpha value is -1.68. The molecule has 78 valence electrons. The summed E-state index contributed by atoms with van der Waals surface area (Å²) in [5.41, 5.74) is 1.23. The van der Waals surface area contributed by atoms with Crippen molar-refractivity contribution in [2.24, 2.45) is 0 Å². The second-order valence-corrected chi connectivity index (χ2v) is 3.27. The number of nitrogens with one attached hydrogen (secondary N) is 1. The van der Waals surface area contributed by atoms with E-state index in [1.807, 2.05) is 0 Å². The van der Waals surface area contributed by atoms with Crippen LogP contribution in [0, 0.1) is 0 Å². The fraction of sp³-hybridized carbons (Fsp3) is 0.100. The highest BCUT2D eigenvalue weighted by Gasteiger charge is 2.12. The summed E-state index contributed by atoms with van der Waals surface area (Å²) in [6.07, 6.45) is 4.48. The van der Waals surface area contributed by atoms with Gasteiger partial charge in [-0.3, -0.25) is 4.79 Å². The molecular formula is C10H8ClNO3. The first-order valence-corrected chi connectivity index (χ1v) is 4.67. The van der Waals surface area contributed by atoms with Crippen molar-refractivity contribution in [2.75, 3.05) is 0 Å². The van der Waals surface area contributed by atoms with Crippen LogP contribution >= 0.6 is 11.6 Å². The molecule has 0 aliphatic heterocycles. The number of hydrogen-bond acceptors (Lipinski definition) is 3. The van der Waals surface area contributed by atoms with Crippen molar-refractivity contribution < 1.29 is 13.6 Å². The van der Waals surface area contributed by atoms with Gasteiger partial charge in [-0.1, -0.05) is 0 Å². The molecule has 15 heavy (non-hydrogen) atoms. The Labute approximate surface area is 90.8 Å². The zero-order chi connectivity index (χ0) is 10.7. The Morgan fingerprint density at radius 3 is 2.87 bits per heavy atom. The van der Waals surface area contributed by atoms with E-state index >= 15 is 0 Å². The van der Waals surface area contributed by atoms with Gasteiger partial charge >= 0.3 is 0 Å². The molecule has 0 atom stereocenters. The second kappa shape index (κ2) is 4.23. The van der Waals surface area contributed by atoms with E-state index in [4.69, 9.17) is 20.4 Å². The summed E-state index contributed by atoms with van der Waals surface area (Å²) in [6, 6.07) is 3.30. The van der Waals surface area contributed by atoms with Crippen LogP contribution in [0.25, 0.3) is 0 Å². The lowest BCUT2D eigenvalue weighted by Gasteiger charge is -2.00. The molecule has 0 aliphatic rings. The van der Waals surface area contributed by atoms with E-state index in [-0.39, 0.29) is 11.1 Å². The molecule has 2 heterocycles. The van der Waals surface area contributed by atoms with E-state index in [1.165, 1.54) is 12.3 Å². The zero-order valence-electron chi connectivity index (χ0n) is 7.70. The molecule has 2 rings (SSSR count). The summed E-state index contributed by atoms with van der Waals surface area (Å²) in [5.74, 6) is -0.269. The van der Waals surface area contributed by atoms with Crippen LogP contribution in [0.5, 0.6) is 0 Å². The minimum atomic E-state index is -0.269.